The molecule has 1 saturated heterocycles. The van der Waals surface area contributed by atoms with Gasteiger partial charge in [0.1, 0.15) is 0 Å². The maximum Gasteiger partial charge on any atom is 0.1000 e. The van der Waals surface area contributed by atoms with Crippen LogP contribution in [0.4, 0.5) is 5.69 Å². The molecule has 0 radical (unpaired) electrons. The van der Waals surface area contributed by atoms with Crippen LogP contribution in [0, 0.1) is 5.41 Å². The summed E-state index contributed by atoms with van der Waals surface area (Å²) in [5.41, 5.74) is 3.66. The highest BCUT2D eigenvalue weighted by Crippen LogP contribution is 2.61. The van der Waals surface area contributed by atoms with Crippen molar-refractivity contribution in [3.05, 3.63) is 65.7 Å². The van der Waals surface area contributed by atoms with Crippen LogP contribution < -0.4 is 5.32 Å². The molecule has 1 fully saturated rings. The molecule has 2 aliphatic rings. The number of para-hydroxylation sites is 1. The predicted molar refractivity (Wildman–Crippen MR) is 85.3 cm³/mol. The average molecular weight is 279 g/mol. The van der Waals surface area contributed by atoms with Gasteiger partial charge in [-0.15, -0.1) is 0 Å². The van der Waals surface area contributed by atoms with Gasteiger partial charge >= 0.3 is 0 Å². The SMILES string of the molecule is C[C@@]12OCC[C@]1(C)[C@@H](c1ccccc1)Nc1ccccc12. The van der Waals surface area contributed by atoms with Crippen molar-refractivity contribution in [1.29, 1.82) is 0 Å². The Balaban J connectivity index is 1.92. The van der Waals surface area contributed by atoms with Crippen molar-refractivity contribution >= 4 is 5.69 Å². The van der Waals surface area contributed by atoms with Crippen molar-refractivity contribution in [2.24, 2.45) is 5.41 Å². The normalized spacial score (nSPS) is 33.9. The van der Waals surface area contributed by atoms with Crippen LogP contribution in [-0.2, 0) is 10.3 Å². The molecule has 0 spiro atoms. The predicted octanol–water partition coefficient (Wildman–Crippen LogP) is 4.50. The van der Waals surface area contributed by atoms with Gasteiger partial charge in [0.15, 0.2) is 0 Å². The van der Waals surface area contributed by atoms with Gasteiger partial charge in [-0.2, -0.15) is 0 Å². The molecule has 2 heteroatoms. The van der Waals surface area contributed by atoms with E-state index in [4.69, 9.17) is 4.74 Å². The number of hydrogen-bond acceptors (Lipinski definition) is 2. The molecule has 108 valence electrons. The molecule has 0 aromatic heterocycles. The van der Waals surface area contributed by atoms with Crippen molar-refractivity contribution < 1.29 is 4.74 Å². The van der Waals surface area contributed by atoms with Crippen LogP contribution in [0.3, 0.4) is 0 Å². The molecule has 3 atom stereocenters. The number of fused-ring (bicyclic) bond motifs is 3. The van der Waals surface area contributed by atoms with Crippen LogP contribution in [0.1, 0.15) is 37.4 Å². The Morgan fingerprint density at radius 3 is 2.52 bits per heavy atom. The van der Waals surface area contributed by atoms with Gasteiger partial charge in [0.05, 0.1) is 11.6 Å². The summed E-state index contributed by atoms with van der Waals surface area (Å²) in [6.45, 7) is 5.45. The fraction of sp³-hybridized carbons (Fsp3) is 0.368. The molecule has 0 bridgehead atoms. The number of ether oxygens (including phenoxy) is 1. The van der Waals surface area contributed by atoms with Crippen LogP contribution in [0.15, 0.2) is 54.6 Å². The smallest absolute Gasteiger partial charge is 0.1000 e. The number of nitrogens with one attached hydrogen (secondary N) is 1. The van der Waals surface area contributed by atoms with Crippen LogP contribution in [-0.4, -0.2) is 6.61 Å². The Morgan fingerprint density at radius 2 is 1.71 bits per heavy atom. The van der Waals surface area contributed by atoms with Crippen molar-refractivity contribution in [1.82, 2.24) is 0 Å². The average Bonchev–Trinajstić information content (AvgIpc) is 2.84. The van der Waals surface area contributed by atoms with E-state index in [0.717, 1.165) is 13.0 Å². The summed E-state index contributed by atoms with van der Waals surface area (Å²) in [5.74, 6) is 0. The zero-order valence-electron chi connectivity index (χ0n) is 12.6. The summed E-state index contributed by atoms with van der Waals surface area (Å²) in [5, 5.41) is 3.77. The first kappa shape index (κ1) is 12.9. The minimum atomic E-state index is -0.227. The lowest BCUT2D eigenvalue weighted by atomic mass is 9.62. The summed E-state index contributed by atoms with van der Waals surface area (Å²) in [7, 11) is 0. The van der Waals surface area contributed by atoms with Crippen LogP contribution in [0.2, 0.25) is 0 Å². The van der Waals surface area contributed by atoms with Crippen molar-refractivity contribution in [3.63, 3.8) is 0 Å². The molecular formula is C19H21NO. The Bertz CT molecular complexity index is 668. The third kappa shape index (κ3) is 1.63. The molecule has 2 aliphatic heterocycles. The molecule has 21 heavy (non-hydrogen) atoms. The number of anilines is 1. The molecule has 0 aliphatic carbocycles. The molecule has 4 rings (SSSR count). The zero-order valence-corrected chi connectivity index (χ0v) is 12.6. The summed E-state index contributed by atoms with van der Waals surface area (Å²) in [6.07, 6.45) is 1.07. The van der Waals surface area contributed by atoms with Crippen molar-refractivity contribution in [2.75, 3.05) is 11.9 Å². The maximum absolute atomic E-state index is 6.29. The number of rotatable bonds is 1. The van der Waals surface area contributed by atoms with E-state index in [0.29, 0.717) is 0 Å². The minimum absolute atomic E-state index is 0.0582. The van der Waals surface area contributed by atoms with Crippen LogP contribution in [0.25, 0.3) is 0 Å². The molecule has 2 aromatic rings. The molecule has 1 N–H and O–H groups in total. The molecular weight excluding hydrogens is 258 g/mol. The van der Waals surface area contributed by atoms with E-state index >= 15 is 0 Å². The maximum atomic E-state index is 6.29. The first-order chi connectivity index (χ1) is 10.2. The fourth-order valence-electron chi connectivity index (χ4n) is 4.11. The largest absolute Gasteiger partial charge is 0.377 e. The Morgan fingerprint density at radius 1 is 1.00 bits per heavy atom. The second-order valence-corrected chi connectivity index (χ2v) is 6.58. The molecule has 2 heterocycles. The second-order valence-electron chi connectivity index (χ2n) is 6.58. The molecule has 2 aromatic carbocycles. The minimum Gasteiger partial charge on any atom is -0.377 e. The van der Waals surface area contributed by atoms with Gasteiger partial charge in [0, 0.05) is 23.3 Å². The summed E-state index contributed by atoms with van der Waals surface area (Å²) >= 11 is 0. The van der Waals surface area contributed by atoms with Crippen LogP contribution in [0.5, 0.6) is 0 Å². The van der Waals surface area contributed by atoms with Gasteiger partial charge in [-0.1, -0.05) is 55.5 Å². The molecule has 0 amide bonds. The first-order valence-corrected chi connectivity index (χ1v) is 7.70. The lowest BCUT2D eigenvalue weighted by Gasteiger charge is -2.50. The lowest BCUT2D eigenvalue weighted by molar-refractivity contribution is -0.0595. The standard InChI is InChI=1S/C19H21NO/c1-18-12-13-21-19(18,2)15-10-6-7-11-16(15)20-17(18)14-8-4-3-5-9-14/h3-11,17,20H,12-13H2,1-2H3/t17-,18-,19+/m1/s1. The third-order valence-corrected chi connectivity index (χ3v) is 5.61. The van der Waals surface area contributed by atoms with Crippen molar-refractivity contribution in [3.8, 4) is 0 Å². The molecule has 2 nitrogen and oxygen atoms in total. The fourth-order valence-corrected chi connectivity index (χ4v) is 4.11. The zero-order chi connectivity index (χ0) is 14.5. The van der Waals surface area contributed by atoms with Gasteiger partial charge in [-0.3, -0.25) is 0 Å². The van der Waals surface area contributed by atoms with Crippen LogP contribution >= 0.6 is 0 Å². The highest BCUT2D eigenvalue weighted by Gasteiger charge is 2.58. The monoisotopic (exact) mass is 279 g/mol. The Kier molecular flexibility index (Phi) is 2.67. The van der Waals surface area contributed by atoms with Crippen molar-refractivity contribution in [2.45, 2.75) is 31.9 Å². The van der Waals surface area contributed by atoms with Gasteiger partial charge in [-0.05, 0) is 25.0 Å². The quantitative estimate of drug-likeness (QED) is 0.830. The van der Waals surface area contributed by atoms with E-state index < -0.39 is 0 Å². The summed E-state index contributed by atoms with van der Waals surface area (Å²) in [6, 6.07) is 19.6. The van der Waals surface area contributed by atoms with E-state index in [2.05, 4.69) is 73.8 Å². The van der Waals surface area contributed by atoms with E-state index in [9.17, 15) is 0 Å². The van der Waals surface area contributed by atoms with E-state index in [1.807, 2.05) is 0 Å². The lowest BCUT2D eigenvalue weighted by Crippen LogP contribution is -2.48. The topological polar surface area (TPSA) is 21.3 Å². The van der Waals surface area contributed by atoms with Gasteiger partial charge < -0.3 is 10.1 Å². The highest BCUT2D eigenvalue weighted by atomic mass is 16.5. The van der Waals surface area contributed by atoms with Gasteiger partial charge in [0.25, 0.3) is 0 Å². The van der Waals surface area contributed by atoms with Gasteiger partial charge in [-0.25, -0.2) is 0 Å². The van der Waals surface area contributed by atoms with Gasteiger partial charge in [0.2, 0.25) is 0 Å². The second kappa shape index (κ2) is 4.35. The Hall–Kier alpha value is -1.80. The molecule has 0 saturated carbocycles. The third-order valence-electron chi connectivity index (χ3n) is 5.61. The summed E-state index contributed by atoms with van der Waals surface area (Å²) in [4.78, 5) is 0. The number of hydrogen-bond donors (Lipinski definition) is 1. The Labute approximate surface area is 126 Å². The van der Waals surface area contributed by atoms with E-state index in [1.54, 1.807) is 0 Å². The summed E-state index contributed by atoms with van der Waals surface area (Å²) < 4.78 is 6.29. The first-order valence-electron chi connectivity index (χ1n) is 7.70. The molecule has 0 unspecified atom stereocenters. The highest BCUT2D eigenvalue weighted by molar-refractivity contribution is 5.60. The van der Waals surface area contributed by atoms with E-state index in [1.165, 1.54) is 16.8 Å². The van der Waals surface area contributed by atoms with E-state index in [-0.39, 0.29) is 17.1 Å². The number of benzene rings is 2.